The molecule has 112 valence electrons. The van der Waals surface area contributed by atoms with Gasteiger partial charge in [0, 0.05) is 24.3 Å². The maximum Gasteiger partial charge on any atom is 0.101 e. The number of nitrogens with two attached hydrogens (primary N) is 1. The molecule has 0 saturated carbocycles. The van der Waals surface area contributed by atoms with Gasteiger partial charge in [-0.2, -0.15) is 0 Å². The zero-order valence-electron chi connectivity index (χ0n) is 13.1. The normalized spacial score (nSPS) is 34.1. The molecule has 0 aliphatic carbocycles. The number of quaternary nitrogens is 2. The van der Waals surface area contributed by atoms with Gasteiger partial charge in [0.1, 0.15) is 6.54 Å². The maximum absolute atomic E-state index is 10.9. The number of hydrogen-bond donors (Lipinski definition) is 3. The minimum absolute atomic E-state index is 0.392. The molecule has 0 amide bonds. The molecule has 0 radical (unpaired) electrons. The Morgan fingerprint density at radius 1 is 1.30 bits per heavy atom. The van der Waals surface area contributed by atoms with Crippen molar-refractivity contribution in [2.45, 2.75) is 44.9 Å². The Kier molecular flexibility index (Phi) is 5.19. The lowest BCUT2D eigenvalue weighted by molar-refractivity contribution is -0.916. The summed E-state index contributed by atoms with van der Waals surface area (Å²) in [6.45, 7) is 7.54. The molecular weight excluding hydrogens is 248 g/mol. The molecule has 1 saturated heterocycles. The van der Waals surface area contributed by atoms with Crippen LogP contribution in [0, 0.1) is 5.92 Å². The Labute approximate surface area is 123 Å². The number of nitrogens with one attached hydrogen (secondary N) is 1. The molecule has 20 heavy (non-hydrogen) atoms. The van der Waals surface area contributed by atoms with E-state index >= 15 is 0 Å². The molecule has 1 aromatic rings. The van der Waals surface area contributed by atoms with Crippen LogP contribution >= 0.6 is 0 Å². The molecule has 1 aliphatic rings. The summed E-state index contributed by atoms with van der Waals surface area (Å²) < 4.78 is 0. The second-order valence-electron chi connectivity index (χ2n) is 6.68. The summed E-state index contributed by atoms with van der Waals surface area (Å²) in [7, 11) is 2.24. The lowest BCUT2D eigenvalue weighted by Gasteiger charge is -2.43. The molecule has 3 heteroatoms. The van der Waals surface area contributed by atoms with Crippen LogP contribution in [0.2, 0.25) is 0 Å². The summed E-state index contributed by atoms with van der Waals surface area (Å²) in [5, 5.41) is 13.2. The van der Waals surface area contributed by atoms with Crippen molar-refractivity contribution in [1.82, 2.24) is 0 Å². The van der Waals surface area contributed by atoms with Crippen LogP contribution in [0.3, 0.4) is 0 Å². The number of hydrogen-bond acceptors (Lipinski definition) is 1. The SMILES string of the molecule is C[C@@H]1C[NH+](C)[C@@H](C)C[C@]1(O)CC[NH2+]Cc1ccccc1. The zero-order valence-corrected chi connectivity index (χ0v) is 13.1. The fourth-order valence-corrected chi connectivity index (χ4v) is 3.36. The number of rotatable bonds is 5. The van der Waals surface area contributed by atoms with Crippen LogP contribution in [0.5, 0.6) is 0 Å². The molecule has 0 bridgehead atoms. The van der Waals surface area contributed by atoms with E-state index in [1.165, 1.54) is 5.56 Å². The highest BCUT2D eigenvalue weighted by Gasteiger charge is 2.43. The highest BCUT2D eigenvalue weighted by molar-refractivity contribution is 5.12. The van der Waals surface area contributed by atoms with Crippen molar-refractivity contribution in [2.24, 2.45) is 5.92 Å². The van der Waals surface area contributed by atoms with Crippen molar-refractivity contribution < 1.29 is 15.3 Å². The van der Waals surface area contributed by atoms with Crippen LogP contribution in [-0.4, -0.2) is 36.9 Å². The van der Waals surface area contributed by atoms with E-state index in [1.54, 1.807) is 4.90 Å². The van der Waals surface area contributed by atoms with Crippen molar-refractivity contribution in [3.8, 4) is 0 Å². The Balaban J connectivity index is 1.78. The number of likely N-dealkylation sites (tertiary alicyclic amines) is 1. The average Bonchev–Trinajstić information content (AvgIpc) is 2.43. The monoisotopic (exact) mass is 278 g/mol. The third-order valence-corrected chi connectivity index (χ3v) is 5.05. The van der Waals surface area contributed by atoms with E-state index in [-0.39, 0.29) is 0 Å². The Morgan fingerprint density at radius 2 is 2.00 bits per heavy atom. The largest absolute Gasteiger partial charge is 0.389 e. The lowest BCUT2D eigenvalue weighted by Crippen LogP contribution is -3.15. The molecule has 4 atom stereocenters. The van der Waals surface area contributed by atoms with Crippen molar-refractivity contribution in [3.05, 3.63) is 35.9 Å². The molecule has 2 rings (SSSR count). The van der Waals surface area contributed by atoms with E-state index in [2.05, 4.69) is 56.5 Å². The molecule has 1 aromatic carbocycles. The molecule has 1 unspecified atom stereocenters. The average molecular weight is 278 g/mol. The van der Waals surface area contributed by atoms with E-state index in [4.69, 9.17) is 0 Å². The number of aliphatic hydroxyl groups is 1. The first-order chi connectivity index (χ1) is 9.51. The topological polar surface area (TPSA) is 41.3 Å². The number of piperidine rings is 1. The third-order valence-electron chi connectivity index (χ3n) is 5.05. The first-order valence-electron chi connectivity index (χ1n) is 7.91. The van der Waals surface area contributed by atoms with Crippen molar-refractivity contribution in [1.29, 1.82) is 0 Å². The summed E-state index contributed by atoms with van der Waals surface area (Å²) >= 11 is 0. The van der Waals surface area contributed by atoms with Crippen LogP contribution in [-0.2, 0) is 6.54 Å². The van der Waals surface area contributed by atoms with Gasteiger partial charge in [-0.1, -0.05) is 37.3 Å². The zero-order chi connectivity index (χ0) is 14.6. The van der Waals surface area contributed by atoms with Crippen molar-refractivity contribution in [3.63, 3.8) is 0 Å². The molecule has 1 heterocycles. The second kappa shape index (κ2) is 6.70. The van der Waals surface area contributed by atoms with Gasteiger partial charge in [-0.3, -0.25) is 0 Å². The van der Waals surface area contributed by atoms with Gasteiger partial charge in [0.15, 0.2) is 0 Å². The van der Waals surface area contributed by atoms with Gasteiger partial charge in [-0.15, -0.1) is 0 Å². The van der Waals surface area contributed by atoms with Crippen LogP contribution in [0.15, 0.2) is 30.3 Å². The predicted molar refractivity (Wildman–Crippen MR) is 81.5 cm³/mol. The molecule has 0 spiro atoms. The predicted octanol–water partition coefficient (Wildman–Crippen LogP) is -0.186. The summed E-state index contributed by atoms with van der Waals surface area (Å²) in [4.78, 5) is 1.55. The fraction of sp³-hybridized carbons (Fsp3) is 0.647. The second-order valence-corrected chi connectivity index (χ2v) is 6.68. The highest BCUT2D eigenvalue weighted by atomic mass is 16.3. The molecule has 1 aliphatic heterocycles. The minimum atomic E-state index is -0.466. The Morgan fingerprint density at radius 3 is 2.70 bits per heavy atom. The van der Waals surface area contributed by atoms with E-state index in [0.717, 1.165) is 32.5 Å². The summed E-state index contributed by atoms with van der Waals surface area (Å²) in [5.74, 6) is 0.392. The molecular formula is C17H30N2O+2. The lowest BCUT2D eigenvalue weighted by atomic mass is 9.77. The van der Waals surface area contributed by atoms with Gasteiger partial charge in [0.25, 0.3) is 0 Å². The Hall–Kier alpha value is -0.900. The first kappa shape index (κ1) is 15.5. The summed E-state index contributed by atoms with van der Waals surface area (Å²) in [6.07, 6.45) is 1.83. The van der Waals surface area contributed by atoms with Gasteiger partial charge in [-0.05, 0) is 6.92 Å². The van der Waals surface area contributed by atoms with Gasteiger partial charge in [0.05, 0.1) is 31.8 Å². The smallest absolute Gasteiger partial charge is 0.101 e. The molecule has 4 N–H and O–H groups in total. The Bertz CT molecular complexity index is 409. The fourth-order valence-electron chi connectivity index (χ4n) is 3.36. The van der Waals surface area contributed by atoms with Crippen LogP contribution in [0.4, 0.5) is 0 Å². The molecule has 0 aromatic heterocycles. The standard InChI is InChI=1S/C17H28N2O/c1-14-13-19(3)15(2)11-17(14,20)9-10-18-12-16-7-5-4-6-8-16/h4-8,14-15,18,20H,9-13H2,1-3H3/p+2/t14-,15+,17-/m1/s1. The first-order valence-corrected chi connectivity index (χ1v) is 7.91. The van der Waals surface area contributed by atoms with Crippen molar-refractivity contribution in [2.75, 3.05) is 20.1 Å². The van der Waals surface area contributed by atoms with Gasteiger partial charge < -0.3 is 15.3 Å². The quantitative estimate of drug-likeness (QED) is 0.642. The van der Waals surface area contributed by atoms with Crippen molar-refractivity contribution >= 4 is 0 Å². The maximum atomic E-state index is 10.9. The summed E-state index contributed by atoms with van der Waals surface area (Å²) in [5.41, 5.74) is 0.889. The minimum Gasteiger partial charge on any atom is -0.389 e. The molecule has 1 fully saturated rings. The summed E-state index contributed by atoms with van der Waals surface area (Å²) in [6, 6.07) is 11.1. The van der Waals surface area contributed by atoms with E-state index in [9.17, 15) is 5.11 Å². The van der Waals surface area contributed by atoms with Gasteiger partial charge in [0.2, 0.25) is 0 Å². The highest BCUT2D eigenvalue weighted by Crippen LogP contribution is 2.27. The van der Waals surface area contributed by atoms with E-state index in [1.807, 2.05) is 0 Å². The van der Waals surface area contributed by atoms with E-state index < -0.39 is 5.60 Å². The van der Waals surface area contributed by atoms with Gasteiger partial charge in [-0.25, -0.2) is 0 Å². The van der Waals surface area contributed by atoms with Crippen LogP contribution < -0.4 is 10.2 Å². The molecule has 3 nitrogen and oxygen atoms in total. The third kappa shape index (κ3) is 3.81. The van der Waals surface area contributed by atoms with Crippen LogP contribution in [0.25, 0.3) is 0 Å². The van der Waals surface area contributed by atoms with E-state index in [0.29, 0.717) is 12.0 Å². The number of benzene rings is 1. The van der Waals surface area contributed by atoms with Crippen LogP contribution in [0.1, 0.15) is 32.3 Å². The van der Waals surface area contributed by atoms with Gasteiger partial charge >= 0.3 is 0 Å².